The van der Waals surface area contributed by atoms with Crippen LogP contribution in [0.1, 0.15) is 19.3 Å². The van der Waals surface area contributed by atoms with Gasteiger partial charge in [-0.05, 0) is 30.5 Å². The first-order valence-corrected chi connectivity index (χ1v) is 8.71. The van der Waals surface area contributed by atoms with E-state index in [1.165, 1.54) is 18.5 Å². The quantitative estimate of drug-likeness (QED) is 0.856. The molecule has 1 heterocycles. The number of fused-ring (bicyclic) bond motifs is 1. The molecule has 2 aromatic rings. The van der Waals surface area contributed by atoms with E-state index in [1.54, 1.807) is 0 Å². The number of sulfonamides is 1. The molecule has 0 radical (unpaired) electrons. The maximum Gasteiger partial charge on any atom is 0.264 e. The number of hydrogen-bond acceptors (Lipinski definition) is 5. The lowest BCUT2D eigenvalue weighted by molar-refractivity contribution is -0.120. The third-order valence-corrected chi connectivity index (χ3v) is 5.28. The second kappa shape index (κ2) is 5.86. The Balaban J connectivity index is 1.90. The van der Waals surface area contributed by atoms with Crippen molar-refractivity contribution in [1.82, 2.24) is 9.71 Å². The summed E-state index contributed by atoms with van der Waals surface area (Å²) in [5.41, 5.74) is 5.73. The maximum atomic E-state index is 13.8. The Bertz CT molecular complexity index is 865. The van der Waals surface area contributed by atoms with Crippen LogP contribution in [0, 0.1) is 11.7 Å². The number of nitrogens with one attached hydrogen (secondary N) is 1. The monoisotopic (exact) mass is 337 g/mol. The number of carbonyl (C=O) groups is 1. The molecule has 0 bridgehead atoms. The zero-order chi connectivity index (χ0) is 16.6. The lowest BCUT2D eigenvalue weighted by Gasteiger charge is -2.13. The zero-order valence-electron chi connectivity index (χ0n) is 12.2. The molecule has 3 rings (SSSR count). The van der Waals surface area contributed by atoms with Gasteiger partial charge in [-0.15, -0.1) is 0 Å². The third-order valence-electron chi connectivity index (χ3n) is 3.87. The van der Waals surface area contributed by atoms with Crippen LogP contribution in [0.3, 0.4) is 0 Å². The van der Waals surface area contributed by atoms with E-state index in [0.717, 1.165) is 25.0 Å². The van der Waals surface area contributed by atoms with Gasteiger partial charge in [-0.3, -0.25) is 9.78 Å². The molecule has 0 aliphatic heterocycles. The highest BCUT2D eigenvalue weighted by atomic mass is 32.2. The molecule has 6 nitrogen and oxygen atoms in total. The van der Waals surface area contributed by atoms with E-state index >= 15 is 0 Å². The number of amides is 1. The molecule has 1 aliphatic rings. The summed E-state index contributed by atoms with van der Waals surface area (Å²) in [6.07, 6.45) is 5.11. The lowest BCUT2D eigenvalue weighted by Crippen LogP contribution is -2.43. The summed E-state index contributed by atoms with van der Waals surface area (Å²) in [4.78, 5) is 15.6. The molecule has 0 saturated heterocycles. The number of halogens is 1. The summed E-state index contributed by atoms with van der Waals surface area (Å²) in [6.45, 7) is 0. The first-order valence-electron chi connectivity index (χ1n) is 7.23. The van der Waals surface area contributed by atoms with Crippen molar-refractivity contribution in [2.45, 2.75) is 30.2 Å². The highest BCUT2D eigenvalue weighted by molar-refractivity contribution is 7.90. The number of pyridine rings is 1. The van der Waals surface area contributed by atoms with E-state index in [4.69, 9.17) is 5.73 Å². The van der Waals surface area contributed by atoms with E-state index in [1.807, 2.05) is 4.72 Å². The van der Waals surface area contributed by atoms with Crippen LogP contribution in [0.2, 0.25) is 0 Å². The number of benzene rings is 1. The molecule has 3 N–H and O–H groups in total. The number of aromatic nitrogens is 1. The van der Waals surface area contributed by atoms with Gasteiger partial charge in [-0.25, -0.2) is 17.5 Å². The molecule has 1 aromatic carbocycles. The number of carbonyl (C=O) groups excluding carboxylic acids is 1. The molecule has 1 amide bonds. The van der Waals surface area contributed by atoms with Crippen LogP contribution in [-0.4, -0.2) is 25.4 Å². The summed E-state index contributed by atoms with van der Waals surface area (Å²) in [5, 5.41) is 0.237. The second-order valence-corrected chi connectivity index (χ2v) is 7.37. The van der Waals surface area contributed by atoms with Crippen LogP contribution in [-0.2, 0) is 14.8 Å². The van der Waals surface area contributed by atoms with Crippen molar-refractivity contribution in [2.75, 3.05) is 0 Å². The van der Waals surface area contributed by atoms with Crippen molar-refractivity contribution >= 4 is 26.7 Å². The fourth-order valence-electron chi connectivity index (χ4n) is 2.45. The van der Waals surface area contributed by atoms with Crippen molar-refractivity contribution in [1.29, 1.82) is 0 Å². The highest BCUT2D eigenvalue weighted by Gasteiger charge is 2.29. The number of rotatable bonds is 5. The molecule has 1 atom stereocenters. The topological polar surface area (TPSA) is 102 Å². The lowest BCUT2D eigenvalue weighted by atomic mass is 10.1. The van der Waals surface area contributed by atoms with E-state index in [0.29, 0.717) is 12.3 Å². The minimum atomic E-state index is -4.14. The van der Waals surface area contributed by atoms with Crippen LogP contribution >= 0.6 is 0 Å². The van der Waals surface area contributed by atoms with E-state index in [2.05, 4.69) is 4.98 Å². The van der Waals surface area contributed by atoms with Crippen molar-refractivity contribution < 1.29 is 17.6 Å². The van der Waals surface area contributed by atoms with Gasteiger partial charge >= 0.3 is 0 Å². The van der Waals surface area contributed by atoms with Crippen LogP contribution < -0.4 is 10.5 Å². The van der Waals surface area contributed by atoms with Crippen LogP contribution in [0.15, 0.2) is 35.5 Å². The fraction of sp³-hybridized carbons (Fsp3) is 0.333. The average Bonchev–Trinajstić information content (AvgIpc) is 3.31. The minimum absolute atomic E-state index is 0.0742. The molecule has 122 valence electrons. The Morgan fingerprint density at radius 1 is 1.35 bits per heavy atom. The van der Waals surface area contributed by atoms with Crippen LogP contribution in [0.4, 0.5) is 4.39 Å². The largest absolute Gasteiger partial charge is 0.320 e. The van der Waals surface area contributed by atoms with Gasteiger partial charge < -0.3 is 5.73 Å². The molecule has 1 saturated carbocycles. The van der Waals surface area contributed by atoms with E-state index in [-0.39, 0.29) is 15.7 Å². The summed E-state index contributed by atoms with van der Waals surface area (Å²) in [6, 6.07) is 2.68. The summed E-state index contributed by atoms with van der Waals surface area (Å²) >= 11 is 0. The normalized spacial score (nSPS) is 16.3. The molecule has 0 spiro atoms. The Kier molecular flexibility index (Phi) is 4.03. The smallest absolute Gasteiger partial charge is 0.264 e. The Morgan fingerprint density at radius 3 is 2.78 bits per heavy atom. The van der Waals surface area contributed by atoms with Gasteiger partial charge in [0.2, 0.25) is 0 Å². The molecule has 1 unspecified atom stereocenters. The molecular formula is C15H16FN3O3S. The van der Waals surface area contributed by atoms with Crippen molar-refractivity contribution in [3.63, 3.8) is 0 Å². The molecule has 8 heteroatoms. The summed E-state index contributed by atoms with van der Waals surface area (Å²) in [5.74, 6) is -0.927. The molecule has 1 aliphatic carbocycles. The Hall–Kier alpha value is -2.06. The minimum Gasteiger partial charge on any atom is -0.320 e. The van der Waals surface area contributed by atoms with Crippen molar-refractivity contribution in [3.8, 4) is 0 Å². The van der Waals surface area contributed by atoms with Gasteiger partial charge in [0.25, 0.3) is 15.9 Å². The van der Waals surface area contributed by atoms with Gasteiger partial charge in [-0.2, -0.15) is 0 Å². The predicted octanol–water partition coefficient (Wildman–Crippen LogP) is 1.31. The first kappa shape index (κ1) is 15.8. The van der Waals surface area contributed by atoms with Crippen molar-refractivity contribution in [2.24, 2.45) is 11.7 Å². The third kappa shape index (κ3) is 3.32. The SMILES string of the molecule is NC(CC1CC1)C(=O)NS(=O)(=O)c1ccc(F)c2cnccc12. The van der Waals surface area contributed by atoms with Crippen LogP contribution in [0.25, 0.3) is 10.8 Å². The standard InChI is InChI=1S/C15H16FN3O3S/c16-12-3-4-14(10-5-6-18-8-11(10)12)23(21,22)19-15(20)13(17)7-9-1-2-9/h3-6,8-9,13H,1-2,7,17H2,(H,19,20). The van der Waals surface area contributed by atoms with Crippen LogP contribution in [0.5, 0.6) is 0 Å². The number of nitrogens with two attached hydrogens (primary N) is 1. The first-order chi connectivity index (χ1) is 10.9. The van der Waals surface area contributed by atoms with E-state index in [9.17, 15) is 17.6 Å². The maximum absolute atomic E-state index is 13.8. The molecule has 1 fully saturated rings. The van der Waals surface area contributed by atoms with Crippen molar-refractivity contribution in [3.05, 3.63) is 36.4 Å². The fourth-order valence-corrected chi connectivity index (χ4v) is 3.69. The molecule has 1 aromatic heterocycles. The predicted molar refractivity (Wildman–Crippen MR) is 82.3 cm³/mol. The molecule has 23 heavy (non-hydrogen) atoms. The van der Waals surface area contributed by atoms with Gasteiger partial charge in [0.15, 0.2) is 0 Å². The summed E-state index contributed by atoms with van der Waals surface area (Å²) < 4.78 is 40.6. The van der Waals surface area contributed by atoms with Gasteiger partial charge in [-0.1, -0.05) is 12.8 Å². The van der Waals surface area contributed by atoms with Gasteiger partial charge in [0.1, 0.15) is 5.82 Å². The van der Waals surface area contributed by atoms with Gasteiger partial charge in [0, 0.05) is 23.2 Å². The Labute approximate surface area is 132 Å². The van der Waals surface area contributed by atoms with E-state index < -0.39 is 27.8 Å². The Morgan fingerprint density at radius 2 is 2.09 bits per heavy atom. The average molecular weight is 337 g/mol. The number of hydrogen-bond donors (Lipinski definition) is 2. The van der Waals surface area contributed by atoms with Gasteiger partial charge in [0.05, 0.1) is 10.9 Å². The zero-order valence-corrected chi connectivity index (χ0v) is 13.0. The molecular weight excluding hydrogens is 321 g/mol. The summed E-state index contributed by atoms with van der Waals surface area (Å²) in [7, 11) is -4.14. The highest BCUT2D eigenvalue weighted by Crippen LogP contribution is 2.33. The number of nitrogens with zero attached hydrogens (tertiary/aromatic N) is 1. The second-order valence-electron chi connectivity index (χ2n) is 5.72.